The molecule has 23 heavy (non-hydrogen) atoms. The van der Waals surface area contributed by atoms with E-state index in [1.54, 1.807) is 0 Å². The SMILES string of the molecule is CCN(CC)Cc1ccccc1NC(=O)NCC[C@@H]1CCCO1. The van der Waals surface area contributed by atoms with Crippen molar-refractivity contribution in [2.75, 3.05) is 31.6 Å². The third-order valence-corrected chi connectivity index (χ3v) is 4.33. The molecule has 0 bridgehead atoms. The topological polar surface area (TPSA) is 53.6 Å². The van der Waals surface area contributed by atoms with Gasteiger partial charge in [-0.3, -0.25) is 4.90 Å². The van der Waals surface area contributed by atoms with Crippen LogP contribution in [0.25, 0.3) is 0 Å². The highest BCUT2D eigenvalue weighted by molar-refractivity contribution is 5.90. The second kappa shape index (κ2) is 9.53. The molecule has 5 heteroatoms. The summed E-state index contributed by atoms with van der Waals surface area (Å²) in [4.78, 5) is 14.4. The molecular formula is C18H29N3O2. The predicted molar refractivity (Wildman–Crippen MR) is 93.7 cm³/mol. The van der Waals surface area contributed by atoms with Crippen molar-refractivity contribution in [1.82, 2.24) is 10.2 Å². The molecule has 1 aromatic carbocycles. The standard InChI is InChI=1S/C18H29N3O2/c1-3-21(4-2)14-15-8-5-6-10-17(15)20-18(22)19-12-11-16-9-7-13-23-16/h5-6,8,10,16H,3-4,7,9,11-14H2,1-2H3,(H2,19,20,22)/t16-/m0/s1. The maximum Gasteiger partial charge on any atom is 0.319 e. The lowest BCUT2D eigenvalue weighted by Gasteiger charge is -2.20. The van der Waals surface area contributed by atoms with E-state index >= 15 is 0 Å². The summed E-state index contributed by atoms with van der Waals surface area (Å²) in [7, 11) is 0. The lowest BCUT2D eigenvalue weighted by molar-refractivity contribution is 0.105. The molecule has 2 rings (SSSR count). The van der Waals surface area contributed by atoms with E-state index in [-0.39, 0.29) is 6.03 Å². The average molecular weight is 319 g/mol. The number of anilines is 1. The molecule has 0 aromatic heterocycles. The molecule has 1 fully saturated rings. The van der Waals surface area contributed by atoms with Gasteiger partial charge in [0.1, 0.15) is 0 Å². The molecule has 0 unspecified atom stereocenters. The van der Waals surface area contributed by atoms with Crippen LogP contribution < -0.4 is 10.6 Å². The van der Waals surface area contributed by atoms with E-state index in [0.717, 1.165) is 56.8 Å². The summed E-state index contributed by atoms with van der Waals surface area (Å²) >= 11 is 0. The number of urea groups is 1. The van der Waals surface area contributed by atoms with Gasteiger partial charge >= 0.3 is 6.03 Å². The first-order valence-corrected chi connectivity index (χ1v) is 8.69. The van der Waals surface area contributed by atoms with E-state index in [4.69, 9.17) is 4.74 Å². The number of rotatable bonds is 8. The second-order valence-corrected chi connectivity index (χ2v) is 5.92. The zero-order valence-corrected chi connectivity index (χ0v) is 14.3. The van der Waals surface area contributed by atoms with E-state index in [0.29, 0.717) is 12.6 Å². The Balaban J connectivity index is 1.82. The van der Waals surface area contributed by atoms with Crippen LogP contribution in [0.3, 0.4) is 0 Å². The number of amides is 2. The number of hydrogen-bond acceptors (Lipinski definition) is 3. The van der Waals surface area contributed by atoms with Gasteiger partial charge in [-0.1, -0.05) is 32.0 Å². The van der Waals surface area contributed by atoms with E-state index in [1.165, 1.54) is 0 Å². The summed E-state index contributed by atoms with van der Waals surface area (Å²) in [5, 5.41) is 5.89. The smallest absolute Gasteiger partial charge is 0.319 e. The molecule has 1 aliphatic heterocycles. The van der Waals surface area contributed by atoms with Crippen molar-refractivity contribution in [3.8, 4) is 0 Å². The zero-order chi connectivity index (χ0) is 16.5. The highest BCUT2D eigenvalue weighted by Gasteiger charge is 2.15. The first kappa shape index (κ1) is 17.8. The van der Waals surface area contributed by atoms with Gasteiger partial charge in [0.25, 0.3) is 0 Å². The fourth-order valence-electron chi connectivity index (χ4n) is 2.85. The Hall–Kier alpha value is -1.59. The van der Waals surface area contributed by atoms with Gasteiger partial charge in [0.2, 0.25) is 0 Å². The highest BCUT2D eigenvalue weighted by atomic mass is 16.5. The number of carbonyl (C=O) groups excluding carboxylic acids is 1. The molecule has 0 spiro atoms. The molecule has 1 heterocycles. The molecule has 0 aliphatic carbocycles. The van der Waals surface area contributed by atoms with Crippen LogP contribution in [-0.2, 0) is 11.3 Å². The largest absolute Gasteiger partial charge is 0.378 e. The van der Waals surface area contributed by atoms with Crippen molar-refractivity contribution in [2.24, 2.45) is 0 Å². The van der Waals surface area contributed by atoms with Gasteiger partial charge in [-0.2, -0.15) is 0 Å². The van der Waals surface area contributed by atoms with Crippen LogP contribution >= 0.6 is 0 Å². The third-order valence-electron chi connectivity index (χ3n) is 4.33. The number of ether oxygens (including phenoxy) is 1. The molecule has 128 valence electrons. The normalized spacial score (nSPS) is 17.4. The van der Waals surface area contributed by atoms with Crippen molar-refractivity contribution in [1.29, 1.82) is 0 Å². The van der Waals surface area contributed by atoms with Crippen molar-refractivity contribution in [2.45, 2.75) is 45.8 Å². The number of nitrogens with zero attached hydrogens (tertiary/aromatic N) is 1. The Bertz CT molecular complexity index is 483. The van der Waals surface area contributed by atoms with E-state index in [2.05, 4.69) is 35.4 Å². The number of nitrogens with one attached hydrogen (secondary N) is 2. The number of carbonyl (C=O) groups is 1. The van der Waals surface area contributed by atoms with Gasteiger partial charge in [-0.15, -0.1) is 0 Å². The minimum Gasteiger partial charge on any atom is -0.378 e. The summed E-state index contributed by atoms with van der Waals surface area (Å²) in [6.07, 6.45) is 3.44. The van der Waals surface area contributed by atoms with Gasteiger partial charge in [0.05, 0.1) is 6.10 Å². The van der Waals surface area contributed by atoms with Gasteiger partial charge in [-0.25, -0.2) is 4.79 Å². The first-order chi connectivity index (χ1) is 11.2. The van der Waals surface area contributed by atoms with Crippen LogP contribution in [0.1, 0.15) is 38.7 Å². The van der Waals surface area contributed by atoms with Crippen molar-refractivity contribution >= 4 is 11.7 Å². The predicted octanol–water partition coefficient (Wildman–Crippen LogP) is 3.22. The summed E-state index contributed by atoms with van der Waals surface area (Å²) < 4.78 is 5.56. The molecule has 5 nitrogen and oxygen atoms in total. The van der Waals surface area contributed by atoms with Crippen LogP contribution in [-0.4, -0.2) is 43.3 Å². The molecule has 1 aliphatic rings. The van der Waals surface area contributed by atoms with E-state index < -0.39 is 0 Å². The Morgan fingerprint density at radius 1 is 1.30 bits per heavy atom. The fourth-order valence-corrected chi connectivity index (χ4v) is 2.85. The lowest BCUT2D eigenvalue weighted by atomic mass is 10.1. The molecule has 1 atom stereocenters. The van der Waals surface area contributed by atoms with Crippen molar-refractivity contribution in [3.63, 3.8) is 0 Å². The monoisotopic (exact) mass is 319 g/mol. The number of hydrogen-bond donors (Lipinski definition) is 2. The van der Waals surface area contributed by atoms with E-state index in [1.807, 2.05) is 18.2 Å². The average Bonchev–Trinajstić information content (AvgIpc) is 3.07. The Kier molecular flexibility index (Phi) is 7.36. The summed E-state index contributed by atoms with van der Waals surface area (Å²) in [5.41, 5.74) is 2.03. The minimum atomic E-state index is -0.144. The molecule has 2 amide bonds. The Labute approximate surface area is 139 Å². The van der Waals surface area contributed by atoms with Gasteiger partial charge < -0.3 is 15.4 Å². The van der Waals surface area contributed by atoms with Gasteiger partial charge in [-0.05, 0) is 44.0 Å². The zero-order valence-electron chi connectivity index (χ0n) is 14.3. The van der Waals surface area contributed by atoms with Crippen LogP contribution in [0.5, 0.6) is 0 Å². The number of para-hydroxylation sites is 1. The molecule has 0 saturated carbocycles. The summed E-state index contributed by atoms with van der Waals surface area (Å²) in [5.74, 6) is 0. The maximum atomic E-state index is 12.1. The molecule has 2 N–H and O–H groups in total. The summed E-state index contributed by atoms with van der Waals surface area (Å²) in [6.45, 7) is 8.65. The molecule has 1 aromatic rings. The quantitative estimate of drug-likeness (QED) is 0.773. The van der Waals surface area contributed by atoms with Crippen LogP contribution in [0.2, 0.25) is 0 Å². The van der Waals surface area contributed by atoms with Gasteiger partial charge in [0, 0.05) is 25.4 Å². The van der Waals surface area contributed by atoms with Crippen molar-refractivity contribution < 1.29 is 9.53 Å². The van der Waals surface area contributed by atoms with Crippen LogP contribution in [0.15, 0.2) is 24.3 Å². The van der Waals surface area contributed by atoms with Crippen LogP contribution in [0.4, 0.5) is 10.5 Å². The molecular weight excluding hydrogens is 290 g/mol. The second-order valence-electron chi connectivity index (χ2n) is 5.92. The minimum absolute atomic E-state index is 0.144. The Morgan fingerprint density at radius 2 is 2.09 bits per heavy atom. The van der Waals surface area contributed by atoms with Crippen molar-refractivity contribution in [3.05, 3.63) is 29.8 Å². The number of benzene rings is 1. The molecule has 0 radical (unpaired) electrons. The highest BCUT2D eigenvalue weighted by Crippen LogP contribution is 2.17. The fraction of sp³-hybridized carbons (Fsp3) is 0.611. The maximum absolute atomic E-state index is 12.1. The van der Waals surface area contributed by atoms with E-state index in [9.17, 15) is 4.79 Å². The van der Waals surface area contributed by atoms with Crippen LogP contribution in [0, 0.1) is 0 Å². The lowest BCUT2D eigenvalue weighted by Crippen LogP contribution is -2.32. The van der Waals surface area contributed by atoms with Gasteiger partial charge in [0.15, 0.2) is 0 Å². The molecule has 1 saturated heterocycles. The first-order valence-electron chi connectivity index (χ1n) is 8.69. The third kappa shape index (κ3) is 5.84. The summed E-state index contributed by atoms with van der Waals surface area (Å²) in [6, 6.07) is 7.85. The Morgan fingerprint density at radius 3 is 2.78 bits per heavy atom.